The van der Waals surface area contributed by atoms with E-state index >= 15 is 0 Å². The van der Waals surface area contributed by atoms with Crippen molar-refractivity contribution in [1.82, 2.24) is 5.32 Å². The van der Waals surface area contributed by atoms with E-state index < -0.39 is 0 Å². The lowest BCUT2D eigenvalue weighted by molar-refractivity contribution is -0.115. The second-order valence-corrected chi connectivity index (χ2v) is 7.04. The third kappa shape index (κ3) is 7.11. The normalized spacial score (nSPS) is 10.1. The van der Waals surface area contributed by atoms with Crippen LogP contribution in [-0.2, 0) is 11.2 Å². The Kier molecular flexibility index (Phi) is 9.21. The maximum absolute atomic E-state index is 12.5. The van der Waals surface area contributed by atoms with E-state index in [9.17, 15) is 9.59 Å². The molecule has 7 nitrogen and oxygen atoms in total. The van der Waals surface area contributed by atoms with Crippen LogP contribution in [0.1, 0.15) is 19.4 Å². The third-order valence-corrected chi connectivity index (χ3v) is 4.64. The lowest BCUT2D eigenvalue weighted by atomic mass is 10.1. The van der Waals surface area contributed by atoms with Gasteiger partial charge in [0.15, 0.2) is 11.5 Å². The molecule has 0 aliphatic rings. The van der Waals surface area contributed by atoms with Crippen LogP contribution in [0.5, 0.6) is 11.5 Å². The Balaban J connectivity index is 2.00. The van der Waals surface area contributed by atoms with Crippen molar-refractivity contribution in [1.29, 1.82) is 0 Å². The SMILES string of the molecule is C=CCNC(=O)Nc1ccc(NC(=O)Cc2cc(OCC)c(OCC)cc2Br)cc1. The molecule has 8 heteroatoms. The van der Waals surface area contributed by atoms with E-state index in [0.29, 0.717) is 42.6 Å². The monoisotopic (exact) mass is 475 g/mol. The molecule has 0 aliphatic carbocycles. The van der Waals surface area contributed by atoms with Crippen molar-refractivity contribution in [3.05, 3.63) is 59.1 Å². The fourth-order valence-electron chi connectivity index (χ4n) is 2.60. The van der Waals surface area contributed by atoms with Gasteiger partial charge in [0.1, 0.15) is 0 Å². The Morgan fingerprint density at radius 1 is 1.00 bits per heavy atom. The van der Waals surface area contributed by atoms with Gasteiger partial charge in [0.2, 0.25) is 5.91 Å². The van der Waals surface area contributed by atoms with Gasteiger partial charge in [0, 0.05) is 22.4 Å². The highest BCUT2D eigenvalue weighted by atomic mass is 79.9. The maximum Gasteiger partial charge on any atom is 0.319 e. The molecule has 3 amide bonds. The largest absolute Gasteiger partial charge is 0.490 e. The van der Waals surface area contributed by atoms with E-state index in [4.69, 9.17) is 9.47 Å². The first-order valence-electron chi connectivity index (χ1n) is 9.60. The highest BCUT2D eigenvalue weighted by Gasteiger charge is 2.14. The number of amides is 3. The molecule has 0 aromatic heterocycles. The lowest BCUT2D eigenvalue weighted by Crippen LogP contribution is -2.28. The Morgan fingerprint density at radius 3 is 2.13 bits per heavy atom. The van der Waals surface area contributed by atoms with Crippen LogP contribution in [0, 0.1) is 0 Å². The van der Waals surface area contributed by atoms with Crippen LogP contribution in [0.2, 0.25) is 0 Å². The summed E-state index contributed by atoms with van der Waals surface area (Å²) >= 11 is 3.50. The summed E-state index contributed by atoms with van der Waals surface area (Å²) in [6.45, 7) is 8.74. The van der Waals surface area contributed by atoms with Gasteiger partial charge >= 0.3 is 6.03 Å². The molecule has 2 rings (SSSR count). The van der Waals surface area contributed by atoms with Gasteiger partial charge < -0.3 is 25.4 Å². The number of halogens is 1. The van der Waals surface area contributed by atoms with Gasteiger partial charge in [-0.2, -0.15) is 0 Å². The number of urea groups is 1. The van der Waals surface area contributed by atoms with Crippen molar-refractivity contribution in [3.8, 4) is 11.5 Å². The molecule has 2 aromatic rings. The summed E-state index contributed by atoms with van der Waals surface area (Å²) < 4.78 is 12.0. The second kappa shape index (κ2) is 11.9. The molecule has 3 N–H and O–H groups in total. The van der Waals surface area contributed by atoms with Gasteiger partial charge in [-0.05, 0) is 55.8 Å². The average molecular weight is 476 g/mol. The Labute approximate surface area is 185 Å². The van der Waals surface area contributed by atoms with Crippen molar-refractivity contribution < 1.29 is 19.1 Å². The highest BCUT2D eigenvalue weighted by Crippen LogP contribution is 2.34. The van der Waals surface area contributed by atoms with Crippen LogP contribution < -0.4 is 25.4 Å². The fraction of sp³-hybridized carbons (Fsp3) is 0.273. The summed E-state index contributed by atoms with van der Waals surface area (Å²) in [5.41, 5.74) is 2.03. The molecule has 0 radical (unpaired) electrons. The first-order valence-corrected chi connectivity index (χ1v) is 10.4. The van der Waals surface area contributed by atoms with Crippen LogP contribution in [-0.4, -0.2) is 31.7 Å². The maximum atomic E-state index is 12.5. The van der Waals surface area contributed by atoms with E-state index in [-0.39, 0.29) is 18.4 Å². The molecule has 0 aliphatic heterocycles. The molecule has 0 atom stereocenters. The highest BCUT2D eigenvalue weighted by molar-refractivity contribution is 9.10. The summed E-state index contributed by atoms with van der Waals surface area (Å²) in [7, 11) is 0. The Morgan fingerprint density at radius 2 is 1.57 bits per heavy atom. The molecule has 0 spiro atoms. The molecule has 0 fully saturated rings. The second-order valence-electron chi connectivity index (χ2n) is 6.18. The zero-order valence-corrected chi connectivity index (χ0v) is 18.7. The Hall–Kier alpha value is -3.00. The lowest BCUT2D eigenvalue weighted by Gasteiger charge is -2.14. The summed E-state index contributed by atoms with van der Waals surface area (Å²) in [6.07, 6.45) is 1.76. The molecule has 0 saturated heterocycles. The summed E-state index contributed by atoms with van der Waals surface area (Å²) in [6, 6.07) is 10.2. The summed E-state index contributed by atoms with van der Waals surface area (Å²) in [5, 5.41) is 8.17. The first-order chi connectivity index (χ1) is 14.5. The molecule has 2 aromatic carbocycles. The predicted molar refractivity (Wildman–Crippen MR) is 122 cm³/mol. The van der Waals surface area contributed by atoms with E-state index in [2.05, 4.69) is 38.5 Å². The van der Waals surface area contributed by atoms with Crippen molar-refractivity contribution in [2.75, 3.05) is 30.4 Å². The minimum Gasteiger partial charge on any atom is -0.490 e. The number of carbonyl (C=O) groups excluding carboxylic acids is 2. The molecule has 0 bridgehead atoms. The number of nitrogens with one attached hydrogen (secondary N) is 3. The third-order valence-electron chi connectivity index (χ3n) is 3.90. The van der Waals surface area contributed by atoms with Crippen LogP contribution >= 0.6 is 15.9 Å². The van der Waals surface area contributed by atoms with E-state index in [1.165, 1.54) is 0 Å². The van der Waals surface area contributed by atoms with Crippen molar-refractivity contribution in [2.24, 2.45) is 0 Å². The molecule has 160 valence electrons. The van der Waals surface area contributed by atoms with Gasteiger partial charge in [-0.15, -0.1) is 6.58 Å². The summed E-state index contributed by atoms with van der Waals surface area (Å²) in [5.74, 6) is 1.07. The van der Waals surface area contributed by atoms with E-state index in [1.807, 2.05) is 26.0 Å². The molecule has 30 heavy (non-hydrogen) atoms. The van der Waals surface area contributed by atoms with Crippen molar-refractivity contribution >= 4 is 39.2 Å². The van der Waals surface area contributed by atoms with Crippen LogP contribution in [0.3, 0.4) is 0 Å². The number of benzene rings is 2. The van der Waals surface area contributed by atoms with Crippen LogP contribution in [0.4, 0.5) is 16.2 Å². The number of anilines is 2. The fourth-order valence-corrected chi connectivity index (χ4v) is 3.07. The van der Waals surface area contributed by atoms with E-state index in [0.717, 1.165) is 10.0 Å². The van der Waals surface area contributed by atoms with E-state index in [1.54, 1.807) is 30.3 Å². The smallest absolute Gasteiger partial charge is 0.319 e. The standard InChI is InChI=1S/C22H26BrN3O4/c1-4-11-24-22(28)26-17-9-7-16(8-10-17)25-21(27)13-15-12-19(29-5-2)20(30-6-3)14-18(15)23/h4,7-10,12,14H,1,5-6,11,13H2,2-3H3,(H,25,27)(H2,24,26,28). The zero-order chi connectivity index (χ0) is 21.9. The molecule has 0 saturated carbocycles. The van der Waals surface area contributed by atoms with Gasteiger partial charge in [0.25, 0.3) is 0 Å². The number of carbonyl (C=O) groups is 2. The zero-order valence-electron chi connectivity index (χ0n) is 17.1. The first kappa shape index (κ1) is 23.3. The number of rotatable bonds is 10. The predicted octanol–water partition coefficient (Wildman–Crippen LogP) is 4.74. The topological polar surface area (TPSA) is 88.7 Å². The molecular formula is C22H26BrN3O4. The molecule has 0 unspecified atom stereocenters. The van der Waals surface area contributed by atoms with Gasteiger partial charge in [-0.25, -0.2) is 4.79 Å². The van der Waals surface area contributed by atoms with Crippen LogP contribution in [0.15, 0.2) is 53.5 Å². The van der Waals surface area contributed by atoms with Crippen molar-refractivity contribution in [2.45, 2.75) is 20.3 Å². The minimum absolute atomic E-state index is 0.164. The number of ether oxygens (including phenoxy) is 2. The van der Waals surface area contributed by atoms with Gasteiger partial charge in [0.05, 0.1) is 19.6 Å². The minimum atomic E-state index is -0.322. The molecular weight excluding hydrogens is 450 g/mol. The summed E-state index contributed by atoms with van der Waals surface area (Å²) in [4.78, 5) is 24.1. The van der Waals surface area contributed by atoms with Gasteiger partial charge in [-0.1, -0.05) is 22.0 Å². The number of hydrogen-bond donors (Lipinski definition) is 3. The average Bonchev–Trinajstić information content (AvgIpc) is 2.71. The van der Waals surface area contributed by atoms with Crippen molar-refractivity contribution in [3.63, 3.8) is 0 Å². The number of hydrogen-bond acceptors (Lipinski definition) is 4. The molecule has 0 heterocycles. The quantitative estimate of drug-likeness (QED) is 0.433. The van der Waals surface area contributed by atoms with Crippen LogP contribution in [0.25, 0.3) is 0 Å². The van der Waals surface area contributed by atoms with Gasteiger partial charge in [-0.3, -0.25) is 4.79 Å². The Bertz CT molecular complexity index is 885.